The highest BCUT2D eigenvalue weighted by Gasteiger charge is 2.20. The number of aromatic nitrogens is 2. The van der Waals surface area contributed by atoms with E-state index >= 15 is 0 Å². The van der Waals surface area contributed by atoms with Gasteiger partial charge in [0.25, 0.3) is 5.22 Å². The van der Waals surface area contributed by atoms with E-state index in [9.17, 15) is 4.79 Å². The molecule has 0 spiro atoms. The number of aryl methyl sites for hydroxylation is 1. The molecule has 3 aromatic rings. The van der Waals surface area contributed by atoms with Crippen molar-refractivity contribution in [1.82, 2.24) is 10.2 Å². The minimum atomic E-state index is -0.392. The van der Waals surface area contributed by atoms with Crippen molar-refractivity contribution in [2.45, 2.75) is 24.3 Å². The average Bonchev–Trinajstić information content (AvgIpc) is 3.32. The van der Waals surface area contributed by atoms with Crippen LogP contribution in [0.5, 0.6) is 11.5 Å². The Morgan fingerprint density at radius 3 is 2.70 bits per heavy atom. The van der Waals surface area contributed by atoms with Crippen molar-refractivity contribution in [2.75, 3.05) is 12.1 Å². The minimum absolute atomic E-state index is 0.133. The molecule has 1 aliphatic heterocycles. The molecule has 0 fully saturated rings. The van der Waals surface area contributed by atoms with Crippen molar-refractivity contribution >= 4 is 23.4 Å². The second-order valence-electron chi connectivity index (χ2n) is 6.06. The second-order valence-corrected chi connectivity index (χ2v) is 7.35. The highest BCUT2D eigenvalue weighted by molar-refractivity contribution is 8.00. The Hall–Kier alpha value is -3.00. The Bertz CT molecular complexity index is 971. The Morgan fingerprint density at radius 2 is 1.89 bits per heavy atom. The predicted octanol–water partition coefficient (Wildman–Crippen LogP) is 3.89. The molecule has 138 valence electrons. The Balaban J connectivity index is 1.41. The molecule has 0 radical (unpaired) electrons. The quantitative estimate of drug-likeness (QED) is 0.669. The van der Waals surface area contributed by atoms with E-state index in [1.807, 2.05) is 37.3 Å². The first kappa shape index (κ1) is 17.4. The number of fused-ring (bicyclic) bond motifs is 1. The number of nitrogens with one attached hydrogen (secondary N) is 1. The number of benzene rings is 2. The SMILES string of the molecule is Cc1ccc(NC(=O)[C@@H](C)Sc2nnc(-c3ccc4c(c3)OCO4)o2)cc1. The van der Waals surface area contributed by atoms with Crippen molar-refractivity contribution in [1.29, 1.82) is 0 Å². The number of thioether (sulfide) groups is 1. The van der Waals surface area contributed by atoms with Crippen LogP contribution in [0.1, 0.15) is 12.5 Å². The highest BCUT2D eigenvalue weighted by atomic mass is 32.2. The van der Waals surface area contributed by atoms with Gasteiger partial charge in [-0.15, -0.1) is 10.2 Å². The third kappa shape index (κ3) is 3.90. The molecule has 2 heterocycles. The van der Waals surface area contributed by atoms with E-state index in [4.69, 9.17) is 13.9 Å². The van der Waals surface area contributed by atoms with E-state index in [1.54, 1.807) is 19.1 Å². The first-order chi connectivity index (χ1) is 13.1. The summed E-state index contributed by atoms with van der Waals surface area (Å²) in [5.74, 6) is 1.56. The first-order valence-electron chi connectivity index (χ1n) is 8.36. The molecular formula is C19H17N3O4S. The van der Waals surface area contributed by atoms with E-state index in [0.29, 0.717) is 22.6 Å². The summed E-state index contributed by atoms with van der Waals surface area (Å²) < 4.78 is 16.3. The number of amides is 1. The molecular weight excluding hydrogens is 366 g/mol. The normalized spacial score (nSPS) is 13.4. The smallest absolute Gasteiger partial charge is 0.277 e. The van der Waals surface area contributed by atoms with Crippen molar-refractivity contribution in [3.05, 3.63) is 48.0 Å². The molecule has 1 atom stereocenters. The van der Waals surface area contributed by atoms with Gasteiger partial charge in [-0.05, 0) is 44.2 Å². The number of ether oxygens (including phenoxy) is 2. The number of hydrogen-bond acceptors (Lipinski definition) is 7. The van der Waals surface area contributed by atoms with Gasteiger partial charge in [0.2, 0.25) is 18.6 Å². The van der Waals surface area contributed by atoms with Crippen LogP contribution in [-0.4, -0.2) is 28.1 Å². The summed E-state index contributed by atoms with van der Waals surface area (Å²) in [5.41, 5.74) is 2.62. The standard InChI is InChI=1S/C19H17N3O4S/c1-11-3-6-14(7-4-11)20-17(23)12(2)27-19-22-21-18(26-19)13-5-8-15-16(9-13)25-10-24-15/h3-9,12H,10H2,1-2H3,(H,20,23)/t12-/m1/s1. The second kappa shape index (κ2) is 7.32. The average molecular weight is 383 g/mol. The summed E-state index contributed by atoms with van der Waals surface area (Å²) in [7, 11) is 0. The van der Waals surface area contributed by atoms with E-state index in [1.165, 1.54) is 11.8 Å². The lowest BCUT2D eigenvalue weighted by atomic mass is 10.2. The van der Waals surface area contributed by atoms with Crippen molar-refractivity contribution < 1.29 is 18.7 Å². The van der Waals surface area contributed by atoms with Crippen LogP contribution in [0.15, 0.2) is 52.1 Å². The molecule has 0 aliphatic carbocycles. The van der Waals surface area contributed by atoms with Crippen LogP contribution >= 0.6 is 11.8 Å². The molecule has 0 saturated carbocycles. The fourth-order valence-electron chi connectivity index (χ4n) is 2.49. The van der Waals surface area contributed by atoms with Gasteiger partial charge in [-0.1, -0.05) is 29.5 Å². The Morgan fingerprint density at radius 1 is 1.11 bits per heavy atom. The number of anilines is 1. The van der Waals surface area contributed by atoms with E-state index in [0.717, 1.165) is 16.8 Å². The van der Waals surface area contributed by atoms with Crippen LogP contribution in [0.3, 0.4) is 0 Å². The van der Waals surface area contributed by atoms with Gasteiger partial charge in [-0.3, -0.25) is 4.79 Å². The zero-order valence-corrected chi connectivity index (χ0v) is 15.6. The molecule has 1 aliphatic rings. The topological polar surface area (TPSA) is 86.5 Å². The van der Waals surface area contributed by atoms with Gasteiger partial charge in [0.15, 0.2) is 11.5 Å². The van der Waals surface area contributed by atoms with Gasteiger partial charge in [0.05, 0.1) is 5.25 Å². The predicted molar refractivity (Wildman–Crippen MR) is 101 cm³/mol. The molecule has 7 nitrogen and oxygen atoms in total. The number of carbonyl (C=O) groups is 1. The van der Waals surface area contributed by atoms with Crippen molar-refractivity contribution in [3.63, 3.8) is 0 Å². The lowest BCUT2D eigenvalue weighted by molar-refractivity contribution is -0.115. The molecule has 1 aromatic heterocycles. The summed E-state index contributed by atoms with van der Waals surface area (Å²) in [6.07, 6.45) is 0. The van der Waals surface area contributed by atoms with Crippen LogP contribution in [0.4, 0.5) is 5.69 Å². The van der Waals surface area contributed by atoms with Crippen molar-refractivity contribution in [3.8, 4) is 23.0 Å². The van der Waals surface area contributed by atoms with Gasteiger partial charge in [-0.2, -0.15) is 0 Å². The van der Waals surface area contributed by atoms with E-state index < -0.39 is 5.25 Å². The minimum Gasteiger partial charge on any atom is -0.454 e. The van der Waals surface area contributed by atoms with Crippen molar-refractivity contribution in [2.24, 2.45) is 0 Å². The van der Waals surface area contributed by atoms with Crippen LogP contribution in [0.25, 0.3) is 11.5 Å². The molecule has 8 heteroatoms. The van der Waals surface area contributed by atoms with Gasteiger partial charge < -0.3 is 19.2 Å². The summed E-state index contributed by atoms with van der Waals surface area (Å²) in [4.78, 5) is 12.4. The number of carbonyl (C=O) groups excluding carboxylic acids is 1. The molecule has 0 saturated heterocycles. The van der Waals surface area contributed by atoms with Crippen LogP contribution in [-0.2, 0) is 4.79 Å². The zero-order chi connectivity index (χ0) is 18.8. The lowest BCUT2D eigenvalue weighted by Crippen LogP contribution is -2.22. The molecule has 0 unspecified atom stereocenters. The molecule has 1 N–H and O–H groups in total. The Labute approximate surface area is 160 Å². The highest BCUT2D eigenvalue weighted by Crippen LogP contribution is 2.36. The van der Waals surface area contributed by atoms with Gasteiger partial charge in [-0.25, -0.2) is 0 Å². The molecule has 2 aromatic carbocycles. The van der Waals surface area contributed by atoms with E-state index in [-0.39, 0.29) is 12.7 Å². The maximum atomic E-state index is 12.4. The maximum absolute atomic E-state index is 12.4. The van der Waals surface area contributed by atoms with Gasteiger partial charge in [0, 0.05) is 11.3 Å². The molecule has 27 heavy (non-hydrogen) atoms. The van der Waals surface area contributed by atoms with E-state index in [2.05, 4.69) is 15.5 Å². The summed E-state index contributed by atoms with van der Waals surface area (Å²) >= 11 is 1.21. The number of rotatable bonds is 5. The summed E-state index contributed by atoms with van der Waals surface area (Å²) in [5, 5.41) is 10.9. The third-order valence-corrected chi connectivity index (χ3v) is 4.93. The van der Waals surface area contributed by atoms with Gasteiger partial charge in [0.1, 0.15) is 0 Å². The number of hydrogen-bond donors (Lipinski definition) is 1. The molecule has 4 rings (SSSR count). The monoisotopic (exact) mass is 383 g/mol. The van der Waals surface area contributed by atoms with Gasteiger partial charge >= 0.3 is 0 Å². The largest absolute Gasteiger partial charge is 0.454 e. The summed E-state index contributed by atoms with van der Waals surface area (Å²) in [6.45, 7) is 3.99. The lowest BCUT2D eigenvalue weighted by Gasteiger charge is -2.10. The number of nitrogens with zero attached hydrogens (tertiary/aromatic N) is 2. The summed E-state index contributed by atoms with van der Waals surface area (Å²) in [6, 6.07) is 13.0. The zero-order valence-electron chi connectivity index (χ0n) is 14.8. The molecule has 0 bridgehead atoms. The fraction of sp³-hybridized carbons (Fsp3) is 0.211. The van der Waals surface area contributed by atoms with Crippen LogP contribution < -0.4 is 14.8 Å². The first-order valence-corrected chi connectivity index (χ1v) is 9.24. The maximum Gasteiger partial charge on any atom is 0.277 e. The third-order valence-electron chi connectivity index (χ3n) is 3.99. The molecule has 1 amide bonds. The van der Waals surface area contributed by atoms with Crippen LogP contribution in [0, 0.1) is 6.92 Å². The Kier molecular flexibility index (Phi) is 4.72. The fourth-order valence-corrected chi connectivity index (χ4v) is 3.17. The van der Waals surface area contributed by atoms with Crippen LogP contribution in [0.2, 0.25) is 0 Å².